The van der Waals surface area contributed by atoms with Gasteiger partial charge >= 0.3 is 0 Å². The van der Waals surface area contributed by atoms with Gasteiger partial charge in [-0.25, -0.2) is 0 Å². The fourth-order valence-corrected chi connectivity index (χ4v) is 2.19. The smallest absolute Gasteiger partial charge is 0.122 e. The number of hydrogen-bond donors (Lipinski definition) is 1. The van der Waals surface area contributed by atoms with Gasteiger partial charge in [-0.3, -0.25) is 0 Å². The third-order valence-electron chi connectivity index (χ3n) is 4.10. The first kappa shape index (κ1) is 13.4. The molecule has 1 N–H and O–H groups in total. The van der Waals surface area contributed by atoms with E-state index in [0.717, 1.165) is 31.2 Å². The zero-order chi connectivity index (χ0) is 13.1. The zero-order valence-electron chi connectivity index (χ0n) is 12.0. The van der Waals surface area contributed by atoms with E-state index in [1.165, 1.54) is 11.1 Å². The van der Waals surface area contributed by atoms with Gasteiger partial charge in [0.1, 0.15) is 5.75 Å². The largest absolute Gasteiger partial charge is 0.493 e. The Kier molecular flexibility index (Phi) is 4.28. The number of benzene rings is 1. The Labute approximate surface area is 111 Å². The standard InChI is InChI=1S/C16H25NO/c1-11(2)12(3)10-17-13(4)14-5-6-16-15(9-14)7-8-18-16/h5-6,9,11-13,17H,7-8,10H2,1-4H3. The second-order valence-corrected chi connectivity index (χ2v) is 5.82. The van der Waals surface area contributed by atoms with Crippen LogP contribution >= 0.6 is 0 Å². The molecule has 0 bridgehead atoms. The molecule has 0 spiro atoms. The van der Waals surface area contributed by atoms with Gasteiger partial charge in [-0.05, 0) is 42.5 Å². The summed E-state index contributed by atoms with van der Waals surface area (Å²) in [6, 6.07) is 7.00. The van der Waals surface area contributed by atoms with Gasteiger partial charge in [0, 0.05) is 12.5 Å². The van der Waals surface area contributed by atoms with Crippen molar-refractivity contribution in [3.63, 3.8) is 0 Å². The second kappa shape index (κ2) is 5.75. The van der Waals surface area contributed by atoms with Gasteiger partial charge in [-0.1, -0.05) is 32.9 Å². The first-order valence-corrected chi connectivity index (χ1v) is 7.07. The topological polar surface area (TPSA) is 21.3 Å². The zero-order valence-corrected chi connectivity index (χ0v) is 12.0. The van der Waals surface area contributed by atoms with Crippen molar-refractivity contribution in [2.45, 2.75) is 40.2 Å². The van der Waals surface area contributed by atoms with Crippen molar-refractivity contribution in [2.75, 3.05) is 13.2 Å². The monoisotopic (exact) mass is 247 g/mol. The van der Waals surface area contributed by atoms with Crippen LogP contribution in [0.25, 0.3) is 0 Å². The number of hydrogen-bond acceptors (Lipinski definition) is 2. The highest BCUT2D eigenvalue weighted by Crippen LogP contribution is 2.28. The van der Waals surface area contributed by atoms with Crippen LogP contribution in [-0.4, -0.2) is 13.2 Å². The lowest BCUT2D eigenvalue weighted by Gasteiger charge is -2.20. The summed E-state index contributed by atoms with van der Waals surface area (Å²) < 4.78 is 5.54. The van der Waals surface area contributed by atoms with E-state index in [1.807, 2.05) is 0 Å². The molecule has 2 rings (SSSR count). The van der Waals surface area contributed by atoms with E-state index in [1.54, 1.807) is 0 Å². The first-order chi connectivity index (χ1) is 8.58. The molecule has 0 radical (unpaired) electrons. The molecule has 1 heterocycles. The summed E-state index contributed by atoms with van der Waals surface area (Å²) in [5.74, 6) is 2.52. The van der Waals surface area contributed by atoms with E-state index in [9.17, 15) is 0 Å². The molecule has 0 aliphatic carbocycles. The summed E-state index contributed by atoms with van der Waals surface area (Å²) in [5, 5.41) is 3.63. The minimum absolute atomic E-state index is 0.414. The molecule has 0 aromatic heterocycles. The summed E-state index contributed by atoms with van der Waals surface area (Å²) in [7, 11) is 0. The Morgan fingerprint density at radius 3 is 2.72 bits per heavy atom. The van der Waals surface area contributed by atoms with Crippen molar-refractivity contribution in [2.24, 2.45) is 11.8 Å². The lowest BCUT2D eigenvalue weighted by molar-refractivity contribution is 0.356. The van der Waals surface area contributed by atoms with Crippen LogP contribution in [0.1, 0.15) is 44.9 Å². The average Bonchev–Trinajstić information content (AvgIpc) is 2.82. The maximum atomic E-state index is 5.54. The summed E-state index contributed by atoms with van der Waals surface area (Å²) >= 11 is 0. The molecule has 2 atom stereocenters. The molecule has 1 aliphatic rings. The quantitative estimate of drug-likeness (QED) is 0.859. The van der Waals surface area contributed by atoms with Crippen LogP contribution < -0.4 is 10.1 Å². The molecule has 0 saturated heterocycles. The van der Waals surface area contributed by atoms with Gasteiger partial charge in [-0.2, -0.15) is 0 Å². The molecule has 100 valence electrons. The molecule has 2 heteroatoms. The fourth-order valence-electron chi connectivity index (χ4n) is 2.19. The van der Waals surface area contributed by atoms with Crippen molar-refractivity contribution in [3.05, 3.63) is 29.3 Å². The van der Waals surface area contributed by atoms with E-state index in [4.69, 9.17) is 4.74 Å². The highest BCUT2D eigenvalue weighted by Gasteiger charge is 2.15. The SMILES string of the molecule is CC(NCC(C)C(C)C)c1ccc2c(c1)CCO2. The molecular weight excluding hydrogens is 222 g/mol. The molecule has 1 aromatic rings. The van der Waals surface area contributed by atoms with Crippen LogP contribution in [0.15, 0.2) is 18.2 Å². The van der Waals surface area contributed by atoms with Crippen molar-refractivity contribution >= 4 is 0 Å². The lowest BCUT2D eigenvalue weighted by Crippen LogP contribution is -2.26. The highest BCUT2D eigenvalue weighted by atomic mass is 16.5. The van der Waals surface area contributed by atoms with Crippen molar-refractivity contribution < 1.29 is 4.74 Å². The molecule has 2 unspecified atom stereocenters. The number of ether oxygens (including phenoxy) is 1. The summed E-state index contributed by atoms with van der Waals surface area (Å²) in [6.07, 6.45) is 1.05. The minimum Gasteiger partial charge on any atom is -0.493 e. The van der Waals surface area contributed by atoms with Crippen LogP contribution in [-0.2, 0) is 6.42 Å². The van der Waals surface area contributed by atoms with Gasteiger partial charge in [0.25, 0.3) is 0 Å². The highest BCUT2D eigenvalue weighted by molar-refractivity contribution is 5.40. The maximum absolute atomic E-state index is 5.54. The van der Waals surface area contributed by atoms with E-state index >= 15 is 0 Å². The number of fused-ring (bicyclic) bond motifs is 1. The molecule has 0 fully saturated rings. The van der Waals surface area contributed by atoms with E-state index < -0.39 is 0 Å². The van der Waals surface area contributed by atoms with Gasteiger partial charge in [0.15, 0.2) is 0 Å². The Bertz CT molecular complexity index is 400. The van der Waals surface area contributed by atoms with Crippen LogP contribution in [0.3, 0.4) is 0 Å². The Hall–Kier alpha value is -1.02. The number of nitrogens with one attached hydrogen (secondary N) is 1. The van der Waals surface area contributed by atoms with Gasteiger partial charge < -0.3 is 10.1 Å². The molecular formula is C16H25NO. The van der Waals surface area contributed by atoms with Crippen LogP contribution in [0, 0.1) is 11.8 Å². The Balaban J connectivity index is 1.95. The summed E-state index contributed by atoms with van der Waals surface area (Å²) in [5.41, 5.74) is 2.73. The molecule has 0 saturated carbocycles. The van der Waals surface area contributed by atoms with E-state index in [2.05, 4.69) is 51.2 Å². The van der Waals surface area contributed by atoms with Gasteiger partial charge in [-0.15, -0.1) is 0 Å². The van der Waals surface area contributed by atoms with Gasteiger partial charge in [0.05, 0.1) is 6.61 Å². The predicted octanol–water partition coefficient (Wildman–Crippen LogP) is 3.56. The summed E-state index contributed by atoms with van der Waals surface area (Å²) in [6.45, 7) is 11.0. The van der Waals surface area contributed by atoms with E-state index in [0.29, 0.717) is 12.0 Å². The van der Waals surface area contributed by atoms with Crippen molar-refractivity contribution in [1.82, 2.24) is 5.32 Å². The fraction of sp³-hybridized carbons (Fsp3) is 0.625. The summed E-state index contributed by atoms with van der Waals surface area (Å²) in [4.78, 5) is 0. The second-order valence-electron chi connectivity index (χ2n) is 5.82. The van der Waals surface area contributed by atoms with Crippen LogP contribution in [0.4, 0.5) is 0 Å². The Morgan fingerprint density at radius 1 is 1.22 bits per heavy atom. The van der Waals surface area contributed by atoms with E-state index in [-0.39, 0.29) is 0 Å². The van der Waals surface area contributed by atoms with Crippen LogP contribution in [0.2, 0.25) is 0 Å². The molecule has 0 amide bonds. The molecule has 1 aliphatic heterocycles. The van der Waals surface area contributed by atoms with Crippen LogP contribution in [0.5, 0.6) is 5.75 Å². The normalized spacial score (nSPS) is 17.4. The third-order valence-corrected chi connectivity index (χ3v) is 4.10. The van der Waals surface area contributed by atoms with Crippen molar-refractivity contribution in [1.29, 1.82) is 0 Å². The molecule has 1 aromatic carbocycles. The Morgan fingerprint density at radius 2 is 2.00 bits per heavy atom. The first-order valence-electron chi connectivity index (χ1n) is 7.07. The molecule has 18 heavy (non-hydrogen) atoms. The predicted molar refractivity (Wildman–Crippen MR) is 76.1 cm³/mol. The minimum atomic E-state index is 0.414. The lowest BCUT2D eigenvalue weighted by atomic mass is 9.97. The third kappa shape index (κ3) is 3.05. The van der Waals surface area contributed by atoms with Crippen molar-refractivity contribution in [3.8, 4) is 5.75 Å². The number of rotatable bonds is 5. The molecule has 2 nitrogen and oxygen atoms in total. The maximum Gasteiger partial charge on any atom is 0.122 e. The van der Waals surface area contributed by atoms with Gasteiger partial charge in [0.2, 0.25) is 0 Å². The average molecular weight is 247 g/mol.